The van der Waals surface area contributed by atoms with Crippen molar-refractivity contribution in [1.82, 2.24) is 0 Å². The Balaban J connectivity index is 2.44. The molecule has 0 N–H and O–H groups in total. The van der Waals surface area contributed by atoms with Crippen LogP contribution in [0.1, 0.15) is 87.5 Å². The molecule has 0 spiro atoms. The maximum Gasteiger partial charge on any atom is 0.0355 e. The summed E-state index contributed by atoms with van der Waals surface area (Å²) in [6, 6.07) is 4.83. The first-order valence-corrected chi connectivity index (χ1v) is 12.0. The van der Waals surface area contributed by atoms with Gasteiger partial charge in [-0.25, -0.2) is 0 Å². The molecule has 0 radical (unpaired) electrons. The van der Waals surface area contributed by atoms with Crippen LogP contribution in [0.2, 0.25) is 0 Å². The molecule has 0 fully saturated rings. The van der Waals surface area contributed by atoms with Gasteiger partial charge in [-0.3, -0.25) is 0 Å². The molecule has 0 saturated heterocycles. The number of aryl methyl sites for hydroxylation is 4. The Labute approximate surface area is 177 Å². The van der Waals surface area contributed by atoms with Crippen LogP contribution in [0.3, 0.4) is 0 Å². The minimum absolute atomic E-state index is 1.20. The quantitative estimate of drug-likeness (QED) is 0.296. The van der Waals surface area contributed by atoms with Crippen LogP contribution in [-0.2, 0) is 12.8 Å². The largest absolute Gasteiger partial charge is 0.0654 e. The van der Waals surface area contributed by atoms with Crippen molar-refractivity contribution in [3.8, 4) is 0 Å². The second-order valence-corrected chi connectivity index (χ2v) is 9.22. The van der Waals surface area contributed by atoms with Crippen molar-refractivity contribution in [3.63, 3.8) is 0 Å². The monoisotopic (exact) mass is 480 g/mol. The van der Waals surface area contributed by atoms with E-state index in [0.29, 0.717) is 0 Å². The lowest BCUT2D eigenvalue weighted by molar-refractivity contribution is 0.665. The second-order valence-electron chi connectivity index (χ2n) is 7.63. The molecule has 0 nitrogen and oxygen atoms in total. The van der Waals surface area contributed by atoms with Crippen LogP contribution in [-0.4, -0.2) is 0 Å². The molecule has 0 amide bonds. The van der Waals surface area contributed by atoms with Crippen molar-refractivity contribution in [2.45, 2.75) is 91.9 Å². The van der Waals surface area contributed by atoms with Gasteiger partial charge in [0.15, 0.2) is 0 Å². The lowest BCUT2D eigenvalue weighted by Crippen LogP contribution is -1.99. The molecule has 2 aromatic rings. The van der Waals surface area contributed by atoms with Gasteiger partial charge in [0.2, 0.25) is 0 Å². The molecule has 0 aliphatic rings. The van der Waals surface area contributed by atoms with E-state index >= 15 is 0 Å². The van der Waals surface area contributed by atoms with Crippen molar-refractivity contribution in [1.29, 1.82) is 0 Å². The van der Waals surface area contributed by atoms with E-state index in [9.17, 15) is 0 Å². The summed E-state index contributed by atoms with van der Waals surface area (Å²) < 4.78 is 2.45. The highest BCUT2D eigenvalue weighted by Crippen LogP contribution is 2.40. The van der Waals surface area contributed by atoms with Gasteiger partial charge in [-0.2, -0.15) is 0 Å². The predicted molar refractivity (Wildman–Crippen MR) is 125 cm³/mol. The Morgan fingerprint density at radius 1 is 0.615 bits per heavy atom. The summed E-state index contributed by atoms with van der Waals surface area (Å²) in [5.74, 6) is 0. The lowest BCUT2D eigenvalue weighted by Gasteiger charge is -2.19. The Morgan fingerprint density at radius 2 is 1.00 bits per heavy atom. The molecule has 0 atom stereocenters. The van der Waals surface area contributed by atoms with Gasteiger partial charge in [0.25, 0.3) is 0 Å². The third kappa shape index (κ3) is 5.13. The van der Waals surface area contributed by atoms with Gasteiger partial charge in [0.05, 0.1) is 0 Å². The second kappa shape index (κ2) is 10.9. The van der Waals surface area contributed by atoms with Gasteiger partial charge in [0, 0.05) is 8.95 Å². The van der Waals surface area contributed by atoms with Crippen molar-refractivity contribution >= 4 is 42.6 Å². The number of hydrogen-bond donors (Lipinski definition) is 0. The smallest absolute Gasteiger partial charge is 0.0355 e. The summed E-state index contributed by atoms with van der Waals surface area (Å²) in [7, 11) is 0. The van der Waals surface area contributed by atoms with E-state index in [1.807, 2.05) is 0 Å². The van der Waals surface area contributed by atoms with Crippen molar-refractivity contribution in [2.24, 2.45) is 0 Å². The number of benzene rings is 2. The molecule has 0 heterocycles. The van der Waals surface area contributed by atoms with E-state index in [2.05, 4.69) is 71.7 Å². The lowest BCUT2D eigenvalue weighted by atomic mass is 9.89. The Kier molecular flexibility index (Phi) is 9.17. The third-order valence-corrected chi connectivity index (χ3v) is 8.09. The van der Waals surface area contributed by atoms with Crippen LogP contribution >= 0.6 is 31.9 Å². The van der Waals surface area contributed by atoms with Gasteiger partial charge in [0.1, 0.15) is 0 Å². The van der Waals surface area contributed by atoms with Crippen LogP contribution < -0.4 is 0 Å². The molecule has 0 unspecified atom stereocenters. The van der Waals surface area contributed by atoms with Crippen molar-refractivity contribution in [2.75, 3.05) is 0 Å². The molecule has 26 heavy (non-hydrogen) atoms. The molecule has 2 heteroatoms. The van der Waals surface area contributed by atoms with E-state index in [0.717, 1.165) is 0 Å². The molecular weight excluding hydrogens is 448 g/mol. The summed E-state index contributed by atoms with van der Waals surface area (Å²) in [5.41, 5.74) is 5.83. The SMILES string of the molecule is CCCCCCc1ccc(CCCCCC)c2c(C)c(Br)c(Br)c(C)c12. The maximum absolute atomic E-state index is 3.83. The zero-order chi connectivity index (χ0) is 19.1. The van der Waals surface area contributed by atoms with Crippen LogP contribution in [0.5, 0.6) is 0 Å². The molecule has 0 saturated carbocycles. The van der Waals surface area contributed by atoms with E-state index in [1.165, 1.54) is 106 Å². The summed E-state index contributed by atoms with van der Waals surface area (Å²) >= 11 is 7.66. The fraction of sp³-hybridized carbons (Fsp3) is 0.583. The minimum atomic E-state index is 1.20. The maximum atomic E-state index is 3.83. The Bertz CT molecular complexity index is 669. The topological polar surface area (TPSA) is 0 Å². The number of fused-ring (bicyclic) bond motifs is 1. The van der Waals surface area contributed by atoms with Crippen LogP contribution in [0.15, 0.2) is 21.1 Å². The number of unbranched alkanes of at least 4 members (excludes halogenated alkanes) is 6. The molecular formula is C24H34Br2. The van der Waals surface area contributed by atoms with E-state index in [-0.39, 0.29) is 0 Å². The first-order chi connectivity index (χ1) is 12.5. The summed E-state index contributed by atoms with van der Waals surface area (Å²) in [5, 5.41) is 3.00. The van der Waals surface area contributed by atoms with Gasteiger partial charge in [-0.15, -0.1) is 0 Å². The summed E-state index contributed by atoms with van der Waals surface area (Å²) in [4.78, 5) is 0. The fourth-order valence-corrected chi connectivity index (χ4v) is 4.99. The van der Waals surface area contributed by atoms with Gasteiger partial charge >= 0.3 is 0 Å². The van der Waals surface area contributed by atoms with E-state index in [1.54, 1.807) is 0 Å². The van der Waals surface area contributed by atoms with Gasteiger partial charge in [-0.1, -0.05) is 64.5 Å². The summed E-state index contributed by atoms with van der Waals surface area (Å²) in [6.07, 6.45) is 13.0. The zero-order valence-electron chi connectivity index (χ0n) is 17.0. The molecule has 0 aromatic heterocycles. The van der Waals surface area contributed by atoms with Crippen LogP contribution in [0.4, 0.5) is 0 Å². The summed E-state index contributed by atoms with van der Waals surface area (Å²) in [6.45, 7) is 9.11. The first kappa shape index (κ1) is 22.0. The normalized spacial score (nSPS) is 11.5. The van der Waals surface area contributed by atoms with Crippen LogP contribution in [0, 0.1) is 13.8 Å². The molecule has 0 bridgehead atoms. The van der Waals surface area contributed by atoms with Gasteiger partial charge < -0.3 is 0 Å². The minimum Gasteiger partial charge on any atom is -0.0654 e. The number of halogens is 2. The molecule has 0 aliphatic carbocycles. The van der Waals surface area contributed by atoms with Gasteiger partial charge in [-0.05, 0) is 104 Å². The average Bonchev–Trinajstić information content (AvgIpc) is 2.65. The zero-order valence-corrected chi connectivity index (χ0v) is 20.2. The molecule has 2 aromatic carbocycles. The highest BCUT2D eigenvalue weighted by Gasteiger charge is 2.16. The van der Waals surface area contributed by atoms with Crippen molar-refractivity contribution in [3.05, 3.63) is 43.3 Å². The molecule has 0 aliphatic heterocycles. The third-order valence-electron chi connectivity index (χ3n) is 5.58. The Morgan fingerprint density at radius 3 is 1.35 bits per heavy atom. The first-order valence-electron chi connectivity index (χ1n) is 10.4. The van der Waals surface area contributed by atoms with Crippen LogP contribution in [0.25, 0.3) is 10.8 Å². The highest BCUT2D eigenvalue weighted by atomic mass is 79.9. The van der Waals surface area contributed by atoms with E-state index < -0.39 is 0 Å². The number of rotatable bonds is 10. The van der Waals surface area contributed by atoms with E-state index in [4.69, 9.17) is 0 Å². The average molecular weight is 482 g/mol. The standard InChI is InChI=1S/C24H34Br2/c1-5-7-9-11-13-19-15-16-20(14-12-10-8-6-2)22-18(4)24(26)23(25)17(3)21(19)22/h15-16H,5-14H2,1-4H3. The molecule has 2 rings (SSSR count). The predicted octanol–water partition coefficient (Wildman–Crippen LogP) is 9.23. The highest BCUT2D eigenvalue weighted by molar-refractivity contribution is 9.13. The van der Waals surface area contributed by atoms with Crippen molar-refractivity contribution < 1.29 is 0 Å². The Hall–Kier alpha value is -0.340. The fourth-order valence-electron chi connectivity index (χ4n) is 4.00. The molecule has 144 valence electrons. The number of hydrogen-bond acceptors (Lipinski definition) is 0.